The van der Waals surface area contributed by atoms with Crippen molar-refractivity contribution >= 4 is 53.6 Å². The second kappa shape index (κ2) is 13.8. The van der Waals surface area contributed by atoms with Crippen LogP contribution in [0.4, 0.5) is 5.69 Å². The van der Waals surface area contributed by atoms with E-state index in [4.69, 9.17) is 10.5 Å². The first-order chi connectivity index (χ1) is 18.2. The summed E-state index contributed by atoms with van der Waals surface area (Å²) in [4.78, 5) is 55.6. The van der Waals surface area contributed by atoms with Crippen molar-refractivity contribution in [2.45, 2.75) is 81.6 Å². The summed E-state index contributed by atoms with van der Waals surface area (Å²) in [6.45, 7) is 1.34. The molecule has 210 valence electrons. The Labute approximate surface area is 234 Å². The van der Waals surface area contributed by atoms with Crippen molar-refractivity contribution in [3.05, 3.63) is 29.8 Å². The van der Waals surface area contributed by atoms with Crippen LogP contribution in [0.2, 0.25) is 0 Å². The molecule has 3 rings (SSSR count). The summed E-state index contributed by atoms with van der Waals surface area (Å²) in [6, 6.07) is 4.52. The molecule has 9 nitrogen and oxygen atoms in total. The fraction of sp³-hybridized carbons (Fsp3) is 0.630. The number of para-hydroxylation sites is 1. The van der Waals surface area contributed by atoms with Gasteiger partial charge in [0.2, 0.25) is 5.91 Å². The molecule has 0 spiro atoms. The summed E-state index contributed by atoms with van der Waals surface area (Å²) in [6.07, 6.45) is 6.89. The maximum atomic E-state index is 14.5. The first-order valence-electron chi connectivity index (χ1n) is 13.2. The van der Waals surface area contributed by atoms with E-state index in [1.807, 2.05) is 30.5 Å². The van der Waals surface area contributed by atoms with Gasteiger partial charge in [-0.15, -0.1) is 0 Å². The Kier molecular flexibility index (Phi) is 11.1. The zero-order valence-corrected chi connectivity index (χ0v) is 24.1. The topological polar surface area (TPSA) is 131 Å². The van der Waals surface area contributed by atoms with E-state index >= 15 is 0 Å². The summed E-state index contributed by atoms with van der Waals surface area (Å²) < 4.78 is 5.89. The number of ether oxygens (including phenoxy) is 1. The molecule has 11 heteroatoms. The molecule has 1 aliphatic carbocycles. The fourth-order valence-corrected chi connectivity index (χ4v) is 6.30. The van der Waals surface area contributed by atoms with Gasteiger partial charge < -0.3 is 26.0 Å². The molecular formula is C27H40N4O5S2. The minimum Gasteiger partial charge on any atom is -0.461 e. The number of nitrogens with two attached hydrogens (primary N) is 1. The summed E-state index contributed by atoms with van der Waals surface area (Å²) in [5.41, 5.74) is 5.95. The second-order valence-electron chi connectivity index (χ2n) is 10.0. The van der Waals surface area contributed by atoms with Gasteiger partial charge in [0.25, 0.3) is 5.91 Å². The number of likely N-dealkylation sites (N-methyl/N-ethyl adjacent to an activating group) is 1. The Morgan fingerprint density at radius 3 is 2.53 bits per heavy atom. The molecule has 2 unspecified atom stereocenters. The van der Waals surface area contributed by atoms with Gasteiger partial charge in [-0.05, 0) is 63.5 Å². The molecule has 1 fully saturated rings. The van der Waals surface area contributed by atoms with E-state index in [0.717, 1.165) is 37.7 Å². The Balaban J connectivity index is 2.13. The number of fused-ring (bicyclic) bond motifs is 1. The molecule has 0 saturated heterocycles. The number of carbonyl (C=O) groups is 4. The smallest absolute Gasteiger partial charge is 0.331 e. The number of benzene rings is 1. The van der Waals surface area contributed by atoms with E-state index in [0.29, 0.717) is 17.9 Å². The van der Waals surface area contributed by atoms with Crippen LogP contribution in [0.1, 0.15) is 51.0 Å². The van der Waals surface area contributed by atoms with Crippen LogP contribution in [0.15, 0.2) is 24.3 Å². The number of carbonyl (C=O) groups excluding carboxylic acids is 4. The third-order valence-electron chi connectivity index (χ3n) is 7.49. The molecule has 4 atom stereocenters. The van der Waals surface area contributed by atoms with Crippen LogP contribution >= 0.6 is 24.4 Å². The monoisotopic (exact) mass is 564 g/mol. The molecule has 0 bridgehead atoms. The standard InChI is InChI=1S/C27H40N4O5S2/c1-17(32)30-23(25(34)36-19-10-5-4-6-11-19)22(16-38-3)31-21-12-8-7-9-18(21)13-14-27(29-2,26(31)35)24(33)20(28)15-37/h7-9,12,19-20,22-23,29,37H,4-6,10-11,13-16,28H2,1-3H3,(H,30,32)/t20?,22?,23-,27-/m0/s1. The number of ketones is 1. The number of nitrogens with zero attached hydrogens (tertiary/aromatic N) is 1. The van der Waals surface area contributed by atoms with Crippen LogP contribution in [-0.4, -0.2) is 78.1 Å². The number of rotatable bonds is 11. The van der Waals surface area contributed by atoms with Gasteiger partial charge >= 0.3 is 5.97 Å². The van der Waals surface area contributed by atoms with E-state index in [9.17, 15) is 19.2 Å². The number of anilines is 1. The number of thioether (sulfide) groups is 1. The van der Waals surface area contributed by atoms with Crippen molar-refractivity contribution in [3.63, 3.8) is 0 Å². The quantitative estimate of drug-likeness (QED) is 0.182. The van der Waals surface area contributed by atoms with Gasteiger partial charge in [-0.1, -0.05) is 24.6 Å². The Bertz CT molecular complexity index is 1020. The lowest BCUT2D eigenvalue weighted by molar-refractivity contribution is -0.154. The van der Waals surface area contributed by atoms with Crippen molar-refractivity contribution in [1.29, 1.82) is 0 Å². The highest BCUT2D eigenvalue weighted by molar-refractivity contribution is 7.98. The third kappa shape index (κ3) is 6.55. The summed E-state index contributed by atoms with van der Waals surface area (Å²) in [5, 5.41) is 5.76. The molecule has 0 aromatic heterocycles. The molecule has 1 heterocycles. The SMILES string of the molecule is CN[C@]1(C(=O)C(N)CS)CCc2ccccc2N(C(CSC)[C@H](NC(C)=O)C(=O)OC2CCCCC2)C1=O. The predicted molar refractivity (Wildman–Crippen MR) is 154 cm³/mol. The first-order valence-corrected chi connectivity index (χ1v) is 15.2. The van der Waals surface area contributed by atoms with E-state index in [1.54, 1.807) is 7.05 Å². The molecule has 2 amide bonds. The highest BCUT2D eigenvalue weighted by Gasteiger charge is 2.53. The lowest BCUT2D eigenvalue weighted by atomic mass is 9.83. The number of thiol groups is 1. The van der Waals surface area contributed by atoms with Gasteiger partial charge in [-0.3, -0.25) is 14.4 Å². The van der Waals surface area contributed by atoms with E-state index in [-0.39, 0.29) is 18.3 Å². The molecule has 1 aromatic carbocycles. The van der Waals surface area contributed by atoms with Gasteiger partial charge in [0.1, 0.15) is 12.1 Å². The molecule has 0 radical (unpaired) electrons. The fourth-order valence-electron chi connectivity index (χ4n) is 5.46. The molecular weight excluding hydrogens is 524 g/mol. The van der Waals surface area contributed by atoms with Crippen LogP contribution in [0.25, 0.3) is 0 Å². The molecule has 2 aliphatic rings. The van der Waals surface area contributed by atoms with Gasteiger partial charge in [-0.2, -0.15) is 24.4 Å². The van der Waals surface area contributed by atoms with Gasteiger partial charge in [-0.25, -0.2) is 4.79 Å². The van der Waals surface area contributed by atoms with Crippen LogP contribution in [-0.2, 0) is 30.3 Å². The Hall–Kier alpha value is -2.08. The first kappa shape index (κ1) is 30.5. The number of esters is 1. The number of amides is 2. The van der Waals surface area contributed by atoms with E-state index < -0.39 is 47.2 Å². The third-order valence-corrected chi connectivity index (χ3v) is 8.56. The van der Waals surface area contributed by atoms with Crippen molar-refractivity contribution < 1.29 is 23.9 Å². The average molecular weight is 565 g/mol. The second-order valence-corrected chi connectivity index (χ2v) is 11.3. The summed E-state index contributed by atoms with van der Waals surface area (Å²) in [7, 11) is 1.57. The zero-order chi connectivity index (χ0) is 27.9. The van der Waals surface area contributed by atoms with Crippen molar-refractivity contribution in [2.24, 2.45) is 5.73 Å². The van der Waals surface area contributed by atoms with Gasteiger partial charge in [0.05, 0.1) is 12.1 Å². The summed E-state index contributed by atoms with van der Waals surface area (Å²) >= 11 is 5.64. The zero-order valence-electron chi connectivity index (χ0n) is 22.4. The molecule has 4 N–H and O–H groups in total. The maximum absolute atomic E-state index is 14.5. The lowest BCUT2D eigenvalue weighted by Crippen LogP contribution is -2.69. The largest absolute Gasteiger partial charge is 0.461 e. The number of Topliss-reactive ketones (excluding diaryl/α,β-unsaturated/α-hetero) is 1. The number of hydrogen-bond acceptors (Lipinski definition) is 9. The molecule has 1 aromatic rings. The molecule has 1 saturated carbocycles. The average Bonchev–Trinajstić information content (AvgIpc) is 3.04. The van der Waals surface area contributed by atoms with Crippen LogP contribution in [0.5, 0.6) is 0 Å². The maximum Gasteiger partial charge on any atom is 0.331 e. The van der Waals surface area contributed by atoms with Crippen LogP contribution < -0.4 is 21.3 Å². The minimum absolute atomic E-state index is 0.0823. The number of aryl methyl sites for hydroxylation is 1. The van der Waals surface area contributed by atoms with Gasteiger partial charge in [0.15, 0.2) is 11.3 Å². The van der Waals surface area contributed by atoms with Crippen molar-refractivity contribution in [2.75, 3.05) is 29.7 Å². The molecule has 1 aliphatic heterocycles. The Morgan fingerprint density at radius 2 is 1.92 bits per heavy atom. The van der Waals surface area contributed by atoms with Gasteiger partial charge in [0, 0.05) is 24.1 Å². The summed E-state index contributed by atoms with van der Waals surface area (Å²) in [5.74, 6) is -1.55. The van der Waals surface area contributed by atoms with E-state index in [1.165, 1.54) is 23.6 Å². The van der Waals surface area contributed by atoms with Crippen molar-refractivity contribution in [1.82, 2.24) is 10.6 Å². The number of nitrogens with one attached hydrogen (secondary N) is 2. The highest BCUT2D eigenvalue weighted by Crippen LogP contribution is 2.35. The Morgan fingerprint density at radius 1 is 1.24 bits per heavy atom. The predicted octanol–water partition coefficient (Wildman–Crippen LogP) is 1.86. The lowest BCUT2D eigenvalue weighted by Gasteiger charge is -2.41. The minimum atomic E-state index is -1.62. The van der Waals surface area contributed by atoms with E-state index in [2.05, 4.69) is 23.3 Å². The van der Waals surface area contributed by atoms with Crippen molar-refractivity contribution in [3.8, 4) is 0 Å². The van der Waals surface area contributed by atoms with Crippen LogP contribution in [0, 0.1) is 0 Å². The highest BCUT2D eigenvalue weighted by atomic mass is 32.2. The van der Waals surface area contributed by atoms with Crippen LogP contribution in [0.3, 0.4) is 0 Å². The molecule has 38 heavy (non-hydrogen) atoms. The normalized spacial score (nSPS) is 22.6. The number of hydrogen-bond donors (Lipinski definition) is 4.